The van der Waals surface area contributed by atoms with E-state index < -0.39 is 0 Å². The maximum absolute atomic E-state index is 8.64. The summed E-state index contributed by atoms with van der Waals surface area (Å²) < 4.78 is 0. The van der Waals surface area contributed by atoms with Crippen molar-refractivity contribution in [2.24, 2.45) is 0 Å². The maximum atomic E-state index is 8.64. The van der Waals surface area contributed by atoms with Crippen LogP contribution in [0.2, 0.25) is 0 Å². The van der Waals surface area contributed by atoms with Crippen molar-refractivity contribution in [3.8, 4) is 0 Å². The summed E-state index contributed by atoms with van der Waals surface area (Å²) in [6, 6.07) is 0. The van der Waals surface area contributed by atoms with Gasteiger partial charge in [0.2, 0.25) is 0 Å². The molecule has 0 aliphatic carbocycles. The molecule has 0 aromatic carbocycles. The van der Waals surface area contributed by atoms with Gasteiger partial charge in [-0.25, -0.2) is 0 Å². The Balaban J connectivity index is 3.20. The third-order valence-corrected chi connectivity index (χ3v) is 2.81. The van der Waals surface area contributed by atoms with Gasteiger partial charge in [0.1, 0.15) is 0 Å². The van der Waals surface area contributed by atoms with Crippen LogP contribution < -0.4 is 0 Å². The highest BCUT2D eigenvalue weighted by Gasteiger charge is 1.87. The molecular formula is C17H30O. The molecule has 0 aliphatic rings. The summed E-state index contributed by atoms with van der Waals surface area (Å²) >= 11 is 0. The number of hydrogen-bond acceptors (Lipinski definition) is 1. The van der Waals surface area contributed by atoms with Crippen molar-refractivity contribution in [1.82, 2.24) is 0 Å². The lowest BCUT2D eigenvalue weighted by atomic mass is 10.1. The van der Waals surface area contributed by atoms with Gasteiger partial charge in [-0.1, -0.05) is 62.6 Å². The number of aliphatic hydroxyl groups excluding tert-OH is 1. The second kappa shape index (κ2) is 16.2. The molecule has 18 heavy (non-hydrogen) atoms. The molecule has 0 unspecified atom stereocenters. The molecule has 0 amide bonds. The molecule has 0 saturated heterocycles. The molecule has 0 fully saturated rings. The molecule has 104 valence electrons. The number of rotatable bonds is 12. The number of aliphatic hydroxyl groups is 1. The van der Waals surface area contributed by atoms with Crippen molar-refractivity contribution in [3.05, 3.63) is 36.5 Å². The number of hydrogen-bond donors (Lipinski definition) is 1. The third kappa shape index (κ3) is 15.2. The molecule has 0 radical (unpaired) electrons. The minimum Gasteiger partial charge on any atom is -0.396 e. The zero-order valence-electron chi connectivity index (χ0n) is 12.0. The third-order valence-electron chi connectivity index (χ3n) is 2.81. The normalized spacial score (nSPS) is 12.3. The van der Waals surface area contributed by atoms with Crippen LogP contribution >= 0.6 is 0 Å². The van der Waals surface area contributed by atoms with Gasteiger partial charge in [0, 0.05) is 6.61 Å². The molecule has 0 saturated carbocycles. The van der Waals surface area contributed by atoms with Crippen LogP contribution in [-0.4, -0.2) is 11.7 Å². The van der Waals surface area contributed by atoms with E-state index >= 15 is 0 Å². The van der Waals surface area contributed by atoms with Gasteiger partial charge in [0.15, 0.2) is 0 Å². The first-order valence-corrected chi connectivity index (χ1v) is 7.47. The Morgan fingerprint density at radius 1 is 0.667 bits per heavy atom. The molecule has 1 N–H and O–H groups in total. The fourth-order valence-electron chi connectivity index (χ4n) is 1.73. The minimum atomic E-state index is 0.347. The zero-order chi connectivity index (χ0) is 13.3. The quantitative estimate of drug-likeness (QED) is 0.374. The van der Waals surface area contributed by atoms with Crippen molar-refractivity contribution >= 4 is 0 Å². The van der Waals surface area contributed by atoms with E-state index in [1.54, 1.807) is 0 Å². The Morgan fingerprint density at radius 3 is 1.89 bits per heavy atom. The van der Waals surface area contributed by atoms with Gasteiger partial charge in [-0.2, -0.15) is 0 Å². The number of allylic oxidation sites excluding steroid dienone is 6. The zero-order valence-corrected chi connectivity index (χ0v) is 12.0. The maximum Gasteiger partial charge on any atom is 0.0431 e. The monoisotopic (exact) mass is 250 g/mol. The standard InChI is InChI=1S/C17H30O/c1-2-3-4-5-6-7-8-9-10-11-12-13-14-15-16-17-18/h3-4,6-7,9-10,18H,2,5,8,11-17H2,1H3/b4-3-,7-6-,10-9-. The van der Waals surface area contributed by atoms with Crippen molar-refractivity contribution in [1.29, 1.82) is 0 Å². The first kappa shape index (κ1) is 17.2. The lowest BCUT2D eigenvalue weighted by Gasteiger charge is -1.97. The summed E-state index contributed by atoms with van der Waals surface area (Å²) in [6.45, 7) is 2.51. The molecule has 1 heteroatoms. The minimum absolute atomic E-state index is 0.347. The van der Waals surface area contributed by atoms with Crippen molar-refractivity contribution in [2.75, 3.05) is 6.61 Å². The van der Waals surface area contributed by atoms with Crippen molar-refractivity contribution in [3.63, 3.8) is 0 Å². The Morgan fingerprint density at radius 2 is 1.22 bits per heavy atom. The molecule has 0 bridgehead atoms. The van der Waals surface area contributed by atoms with Gasteiger partial charge in [-0.15, -0.1) is 0 Å². The van der Waals surface area contributed by atoms with Gasteiger partial charge >= 0.3 is 0 Å². The molecule has 0 rings (SSSR count). The van der Waals surface area contributed by atoms with Gasteiger partial charge in [-0.3, -0.25) is 0 Å². The van der Waals surface area contributed by atoms with Crippen LogP contribution in [-0.2, 0) is 0 Å². The highest BCUT2D eigenvalue weighted by Crippen LogP contribution is 2.05. The average molecular weight is 250 g/mol. The summed E-state index contributed by atoms with van der Waals surface area (Å²) in [6.07, 6.45) is 23.9. The largest absolute Gasteiger partial charge is 0.396 e. The summed E-state index contributed by atoms with van der Waals surface area (Å²) in [7, 11) is 0. The first-order chi connectivity index (χ1) is 8.91. The lowest BCUT2D eigenvalue weighted by Crippen LogP contribution is -1.83. The van der Waals surface area contributed by atoms with Crippen LogP contribution in [0.4, 0.5) is 0 Å². The van der Waals surface area contributed by atoms with Crippen LogP contribution in [0.5, 0.6) is 0 Å². The lowest BCUT2D eigenvalue weighted by molar-refractivity contribution is 0.282. The van der Waals surface area contributed by atoms with Crippen LogP contribution in [0.1, 0.15) is 64.7 Å². The van der Waals surface area contributed by atoms with E-state index in [1.165, 1.54) is 32.1 Å². The fraction of sp³-hybridized carbons (Fsp3) is 0.647. The Hall–Kier alpha value is -0.820. The molecule has 0 heterocycles. The Kier molecular flexibility index (Phi) is 15.4. The van der Waals surface area contributed by atoms with E-state index in [9.17, 15) is 0 Å². The SMILES string of the molecule is CC/C=C\C/C=C\C/C=C\CCCCCCCO. The molecule has 0 spiro atoms. The smallest absolute Gasteiger partial charge is 0.0431 e. The summed E-state index contributed by atoms with van der Waals surface area (Å²) in [5.41, 5.74) is 0. The summed E-state index contributed by atoms with van der Waals surface area (Å²) in [4.78, 5) is 0. The van der Waals surface area contributed by atoms with Gasteiger partial charge in [-0.05, 0) is 38.5 Å². The van der Waals surface area contributed by atoms with E-state index in [-0.39, 0.29) is 0 Å². The average Bonchev–Trinajstić information content (AvgIpc) is 2.39. The van der Waals surface area contributed by atoms with Gasteiger partial charge < -0.3 is 5.11 Å². The molecule has 0 aromatic rings. The van der Waals surface area contributed by atoms with Gasteiger partial charge in [0.05, 0.1) is 0 Å². The second-order valence-electron chi connectivity index (χ2n) is 4.57. The van der Waals surface area contributed by atoms with E-state index in [0.717, 1.165) is 25.7 Å². The fourth-order valence-corrected chi connectivity index (χ4v) is 1.73. The predicted octanol–water partition coefficient (Wildman–Crippen LogP) is 5.18. The van der Waals surface area contributed by atoms with Crippen LogP contribution in [0.15, 0.2) is 36.5 Å². The topological polar surface area (TPSA) is 20.2 Å². The molecule has 0 aromatic heterocycles. The Bertz CT molecular complexity index is 226. The molecular weight excluding hydrogens is 220 g/mol. The van der Waals surface area contributed by atoms with E-state index in [0.29, 0.717) is 6.61 Å². The van der Waals surface area contributed by atoms with E-state index in [1.807, 2.05) is 0 Å². The second-order valence-corrected chi connectivity index (χ2v) is 4.57. The van der Waals surface area contributed by atoms with Crippen LogP contribution in [0.25, 0.3) is 0 Å². The molecule has 1 nitrogen and oxygen atoms in total. The summed E-state index contributed by atoms with van der Waals surface area (Å²) in [5, 5.41) is 8.64. The molecule has 0 atom stereocenters. The van der Waals surface area contributed by atoms with Crippen LogP contribution in [0.3, 0.4) is 0 Å². The van der Waals surface area contributed by atoms with Crippen molar-refractivity contribution < 1.29 is 5.11 Å². The molecule has 0 aliphatic heterocycles. The van der Waals surface area contributed by atoms with Crippen molar-refractivity contribution in [2.45, 2.75) is 64.7 Å². The number of unbranched alkanes of at least 4 members (excludes halogenated alkanes) is 5. The van der Waals surface area contributed by atoms with E-state index in [4.69, 9.17) is 5.11 Å². The summed E-state index contributed by atoms with van der Waals surface area (Å²) in [5.74, 6) is 0. The van der Waals surface area contributed by atoms with Crippen LogP contribution in [0, 0.1) is 0 Å². The van der Waals surface area contributed by atoms with Gasteiger partial charge in [0.25, 0.3) is 0 Å². The predicted molar refractivity (Wildman–Crippen MR) is 81.7 cm³/mol. The Labute approximate surface area is 113 Å². The highest BCUT2D eigenvalue weighted by atomic mass is 16.2. The highest BCUT2D eigenvalue weighted by molar-refractivity contribution is 4.96. The van der Waals surface area contributed by atoms with E-state index in [2.05, 4.69) is 43.4 Å². The first-order valence-electron chi connectivity index (χ1n) is 7.47.